The third-order valence-corrected chi connectivity index (χ3v) is 2.29. The van der Waals surface area contributed by atoms with Crippen molar-refractivity contribution >= 4 is 11.9 Å². The molecule has 1 aromatic carbocycles. The second-order valence-electron chi connectivity index (χ2n) is 4.09. The number of hydrogen-bond donors (Lipinski definition) is 0. The number of carbonyl (C=O) groups excluding carboxylic acids is 2. The molecule has 0 aliphatic carbocycles. The smallest absolute Gasteiger partial charge is 0.308 e. The number of ether oxygens (including phenoxy) is 3. The standard InChI is InChI=1S/C15H13NO5/c1-10(17)19-12-5-6-14(20-11(2)18)15(8-12)21-13-4-3-7-16-9-13/h3-9H,1-2H3. The van der Waals surface area contributed by atoms with Crippen LogP contribution in [-0.2, 0) is 9.59 Å². The minimum absolute atomic E-state index is 0.224. The highest BCUT2D eigenvalue weighted by Crippen LogP contribution is 2.35. The molecule has 108 valence electrons. The van der Waals surface area contributed by atoms with E-state index in [1.807, 2.05) is 0 Å². The van der Waals surface area contributed by atoms with Gasteiger partial charge in [-0.05, 0) is 24.3 Å². The number of carbonyl (C=O) groups is 2. The molecule has 6 heteroatoms. The molecule has 0 atom stereocenters. The summed E-state index contributed by atoms with van der Waals surface area (Å²) in [6, 6.07) is 7.87. The van der Waals surface area contributed by atoms with Crippen molar-refractivity contribution in [1.82, 2.24) is 4.98 Å². The maximum Gasteiger partial charge on any atom is 0.308 e. The Morgan fingerprint density at radius 2 is 1.71 bits per heavy atom. The van der Waals surface area contributed by atoms with Gasteiger partial charge in [-0.15, -0.1) is 0 Å². The van der Waals surface area contributed by atoms with Crippen molar-refractivity contribution in [3.63, 3.8) is 0 Å². The summed E-state index contributed by atoms with van der Waals surface area (Å²) in [6.07, 6.45) is 3.12. The summed E-state index contributed by atoms with van der Waals surface area (Å²) in [5, 5.41) is 0. The van der Waals surface area contributed by atoms with Crippen molar-refractivity contribution in [2.45, 2.75) is 13.8 Å². The molecule has 0 radical (unpaired) electrons. The molecule has 0 saturated heterocycles. The monoisotopic (exact) mass is 287 g/mol. The summed E-state index contributed by atoms with van der Waals surface area (Å²) < 4.78 is 15.6. The van der Waals surface area contributed by atoms with Gasteiger partial charge in [0.15, 0.2) is 11.5 Å². The van der Waals surface area contributed by atoms with Crippen LogP contribution in [-0.4, -0.2) is 16.9 Å². The third-order valence-electron chi connectivity index (χ3n) is 2.29. The highest BCUT2D eigenvalue weighted by molar-refractivity contribution is 5.72. The van der Waals surface area contributed by atoms with Crippen LogP contribution < -0.4 is 14.2 Å². The van der Waals surface area contributed by atoms with Crippen molar-refractivity contribution < 1.29 is 23.8 Å². The lowest BCUT2D eigenvalue weighted by atomic mass is 10.3. The first-order chi connectivity index (χ1) is 10.0. The molecular formula is C15H13NO5. The van der Waals surface area contributed by atoms with Gasteiger partial charge in [0.1, 0.15) is 11.5 Å². The van der Waals surface area contributed by atoms with E-state index in [2.05, 4.69) is 4.98 Å². The highest BCUT2D eigenvalue weighted by Gasteiger charge is 2.12. The Hall–Kier alpha value is -2.89. The predicted octanol–water partition coefficient (Wildman–Crippen LogP) is 2.72. The number of rotatable bonds is 4. The number of esters is 2. The van der Waals surface area contributed by atoms with Gasteiger partial charge in [0.2, 0.25) is 0 Å². The third kappa shape index (κ3) is 4.31. The lowest BCUT2D eigenvalue weighted by Gasteiger charge is -2.11. The van der Waals surface area contributed by atoms with E-state index in [0.717, 1.165) is 0 Å². The Labute approximate surface area is 121 Å². The summed E-state index contributed by atoms with van der Waals surface area (Å²) in [4.78, 5) is 26.0. The summed E-state index contributed by atoms with van der Waals surface area (Å²) in [6.45, 7) is 2.58. The molecule has 21 heavy (non-hydrogen) atoms. The van der Waals surface area contributed by atoms with Crippen molar-refractivity contribution in [3.8, 4) is 23.0 Å². The Bertz CT molecular complexity index is 654. The Morgan fingerprint density at radius 3 is 2.33 bits per heavy atom. The van der Waals surface area contributed by atoms with Gasteiger partial charge in [-0.25, -0.2) is 0 Å². The van der Waals surface area contributed by atoms with Crippen LogP contribution in [0.2, 0.25) is 0 Å². The van der Waals surface area contributed by atoms with Gasteiger partial charge in [0.25, 0.3) is 0 Å². The molecule has 1 aromatic heterocycles. The zero-order chi connectivity index (χ0) is 15.2. The van der Waals surface area contributed by atoms with Crippen LogP contribution in [0.25, 0.3) is 0 Å². The SMILES string of the molecule is CC(=O)Oc1ccc(OC(C)=O)c(Oc2cccnc2)c1. The molecule has 0 saturated carbocycles. The Kier molecular flexibility index (Phi) is 4.50. The molecule has 0 aliphatic rings. The first-order valence-corrected chi connectivity index (χ1v) is 6.13. The predicted molar refractivity (Wildman–Crippen MR) is 73.4 cm³/mol. The molecular weight excluding hydrogens is 274 g/mol. The minimum atomic E-state index is -0.480. The first-order valence-electron chi connectivity index (χ1n) is 6.13. The van der Waals surface area contributed by atoms with E-state index < -0.39 is 11.9 Å². The van der Waals surface area contributed by atoms with Crippen LogP contribution >= 0.6 is 0 Å². The van der Waals surface area contributed by atoms with Crippen molar-refractivity contribution in [2.75, 3.05) is 0 Å². The van der Waals surface area contributed by atoms with Gasteiger partial charge >= 0.3 is 11.9 Å². The minimum Gasteiger partial charge on any atom is -0.452 e. The average molecular weight is 287 g/mol. The molecule has 2 rings (SSSR count). The molecule has 0 bridgehead atoms. The van der Waals surface area contributed by atoms with E-state index in [4.69, 9.17) is 14.2 Å². The normalized spacial score (nSPS) is 9.81. The lowest BCUT2D eigenvalue weighted by molar-refractivity contribution is -0.133. The van der Waals surface area contributed by atoms with E-state index in [9.17, 15) is 9.59 Å². The van der Waals surface area contributed by atoms with E-state index in [0.29, 0.717) is 5.75 Å². The maximum atomic E-state index is 11.1. The number of benzene rings is 1. The number of aromatic nitrogens is 1. The van der Waals surface area contributed by atoms with Gasteiger partial charge in [-0.3, -0.25) is 14.6 Å². The van der Waals surface area contributed by atoms with Gasteiger partial charge < -0.3 is 14.2 Å². The Balaban J connectivity index is 2.33. The van der Waals surface area contributed by atoms with Crippen molar-refractivity contribution in [3.05, 3.63) is 42.7 Å². The van der Waals surface area contributed by atoms with E-state index >= 15 is 0 Å². The van der Waals surface area contributed by atoms with E-state index in [1.54, 1.807) is 18.3 Å². The second kappa shape index (κ2) is 6.51. The van der Waals surface area contributed by atoms with Crippen molar-refractivity contribution in [1.29, 1.82) is 0 Å². The molecule has 0 unspecified atom stereocenters. The molecule has 6 nitrogen and oxygen atoms in total. The van der Waals surface area contributed by atoms with Gasteiger partial charge in [0, 0.05) is 26.1 Å². The molecule has 0 N–H and O–H groups in total. The fourth-order valence-corrected chi connectivity index (χ4v) is 1.57. The quantitative estimate of drug-likeness (QED) is 0.635. The molecule has 0 spiro atoms. The van der Waals surface area contributed by atoms with Gasteiger partial charge in [-0.1, -0.05) is 0 Å². The van der Waals surface area contributed by atoms with Gasteiger partial charge in [-0.2, -0.15) is 0 Å². The van der Waals surface area contributed by atoms with Crippen LogP contribution in [0.15, 0.2) is 42.7 Å². The molecule has 0 fully saturated rings. The topological polar surface area (TPSA) is 74.7 Å². The summed E-state index contributed by atoms with van der Waals surface area (Å²) in [5.74, 6) is 0.288. The summed E-state index contributed by atoms with van der Waals surface area (Å²) >= 11 is 0. The lowest BCUT2D eigenvalue weighted by Crippen LogP contribution is -2.04. The molecule has 0 aliphatic heterocycles. The zero-order valence-electron chi connectivity index (χ0n) is 11.5. The fraction of sp³-hybridized carbons (Fsp3) is 0.133. The van der Waals surface area contributed by atoms with Crippen LogP contribution in [0.3, 0.4) is 0 Å². The molecule has 2 aromatic rings. The number of hydrogen-bond acceptors (Lipinski definition) is 6. The van der Waals surface area contributed by atoms with E-state index in [-0.39, 0.29) is 17.2 Å². The van der Waals surface area contributed by atoms with Crippen LogP contribution in [0.4, 0.5) is 0 Å². The first kappa shape index (κ1) is 14.5. The Morgan fingerprint density at radius 1 is 0.952 bits per heavy atom. The summed E-state index contributed by atoms with van der Waals surface area (Å²) in [7, 11) is 0. The number of nitrogens with zero attached hydrogens (tertiary/aromatic N) is 1. The zero-order valence-corrected chi connectivity index (χ0v) is 11.5. The van der Waals surface area contributed by atoms with E-state index in [1.165, 1.54) is 38.2 Å². The molecule has 1 heterocycles. The van der Waals surface area contributed by atoms with Crippen molar-refractivity contribution in [2.24, 2.45) is 0 Å². The highest BCUT2D eigenvalue weighted by atomic mass is 16.6. The average Bonchev–Trinajstić information content (AvgIpc) is 2.42. The number of pyridine rings is 1. The van der Waals surface area contributed by atoms with Crippen LogP contribution in [0.1, 0.15) is 13.8 Å². The fourth-order valence-electron chi connectivity index (χ4n) is 1.57. The van der Waals surface area contributed by atoms with Crippen LogP contribution in [0.5, 0.6) is 23.0 Å². The largest absolute Gasteiger partial charge is 0.452 e. The molecule has 0 amide bonds. The maximum absolute atomic E-state index is 11.1. The van der Waals surface area contributed by atoms with Gasteiger partial charge in [0.05, 0.1) is 6.20 Å². The summed E-state index contributed by atoms with van der Waals surface area (Å²) in [5.41, 5.74) is 0. The second-order valence-corrected chi connectivity index (χ2v) is 4.09. The van der Waals surface area contributed by atoms with Crippen LogP contribution in [0, 0.1) is 0 Å².